The fourth-order valence-corrected chi connectivity index (χ4v) is 2.05. The minimum atomic E-state index is 0.775. The Bertz CT molecular complexity index is 372. The van der Waals surface area contributed by atoms with Crippen molar-refractivity contribution in [1.82, 2.24) is 5.32 Å². The Kier molecular flexibility index (Phi) is 3.34. The topological polar surface area (TPSA) is 30.5 Å². The number of benzene rings is 1. The van der Waals surface area contributed by atoms with Gasteiger partial charge in [0.15, 0.2) is 11.5 Å². The first-order chi connectivity index (χ1) is 7.74. The average Bonchev–Trinajstić information content (AvgIpc) is 2.24. The molecule has 1 aromatic rings. The molecule has 0 spiro atoms. The van der Waals surface area contributed by atoms with Gasteiger partial charge in [0.25, 0.3) is 0 Å². The van der Waals surface area contributed by atoms with Crippen LogP contribution in [-0.2, 0) is 6.42 Å². The van der Waals surface area contributed by atoms with E-state index in [-0.39, 0.29) is 0 Å². The highest BCUT2D eigenvalue weighted by atomic mass is 16.5. The molecular formula is C13H19NO2. The second kappa shape index (κ2) is 4.74. The summed E-state index contributed by atoms with van der Waals surface area (Å²) in [5.74, 6) is 2.42. The number of aryl methyl sites for hydroxylation is 1. The van der Waals surface area contributed by atoms with Crippen molar-refractivity contribution in [2.24, 2.45) is 5.92 Å². The van der Waals surface area contributed by atoms with Gasteiger partial charge in [0, 0.05) is 0 Å². The Labute approximate surface area is 96.8 Å². The van der Waals surface area contributed by atoms with Gasteiger partial charge in [0.1, 0.15) is 0 Å². The first-order valence-electron chi connectivity index (χ1n) is 5.66. The highest BCUT2D eigenvalue weighted by Gasteiger charge is 2.19. The zero-order valence-corrected chi connectivity index (χ0v) is 10.2. The number of hydrogen-bond acceptors (Lipinski definition) is 3. The summed E-state index contributed by atoms with van der Waals surface area (Å²) in [6.07, 6.45) is 1.12. The van der Waals surface area contributed by atoms with E-state index in [1.807, 2.05) is 0 Å². The van der Waals surface area contributed by atoms with Gasteiger partial charge >= 0.3 is 0 Å². The number of hydrogen-bond donors (Lipinski definition) is 1. The zero-order chi connectivity index (χ0) is 11.5. The summed E-state index contributed by atoms with van der Waals surface area (Å²) in [6, 6.07) is 4.16. The fourth-order valence-electron chi connectivity index (χ4n) is 2.05. The Balaban J connectivity index is 2.22. The zero-order valence-electron chi connectivity index (χ0n) is 10.2. The molecule has 1 saturated heterocycles. The molecule has 88 valence electrons. The van der Waals surface area contributed by atoms with Gasteiger partial charge in [0.05, 0.1) is 14.2 Å². The summed E-state index contributed by atoms with van der Waals surface area (Å²) in [5.41, 5.74) is 2.65. The number of ether oxygens (including phenoxy) is 2. The van der Waals surface area contributed by atoms with Crippen LogP contribution in [-0.4, -0.2) is 27.3 Å². The molecule has 1 aliphatic rings. The predicted octanol–water partition coefficient (Wildman–Crippen LogP) is 1.77. The SMILES string of the molecule is COc1cc(C)c(CC2CNC2)cc1OC. The predicted molar refractivity (Wildman–Crippen MR) is 64.3 cm³/mol. The fraction of sp³-hybridized carbons (Fsp3) is 0.538. The van der Waals surface area contributed by atoms with E-state index >= 15 is 0 Å². The molecule has 1 aliphatic heterocycles. The molecule has 0 amide bonds. The van der Waals surface area contributed by atoms with Crippen molar-refractivity contribution in [2.45, 2.75) is 13.3 Å². The summed E-state index contributed by atoms with van der Waals surface area (Å²) >= 11 is 0. The molecule has 0 aromatic heterocycles. The summed E-state index contributed by atoms with van der Waals surface area (Å²) in [6.45, 7) is 4.39. The van der Waals surface area contributed by atoms with Gasteiger partial charge in [-0.15, -0.1) is 0 Å². The Morgan fingerprint density at radius 2 is 1.81 bits per heavy atom. The summed E-state index contributed by atoms with van der Waals surface area (Å²) in [5, 5.41) is 3.30. The van der Waals surface area contributed by atoms with Gasteiger partial charge in [-0.1, -0.05) is 0 Å². The van der Waals surface area contributed by atoms with Crippen LogP contribution in [0.25, 0.3) is 0 Å². The van der Waals surface area contributed by atoms with Crippen LogP contribution in [0.1, 0.15) is 11.1 Å². The van der Waals surface area contributed by atoms with Crippen LogP contribution in [0, 0.1) is 12.8 Å². The van der Waals surface area contributed by atoms with Crippen LogP contribution in [0.2, 0.25) is 0 Å². The summed E-state index contributed by atoms with van der Waals surface area (Å²) < 4.78 is 10.6. The molecule has 2 rings (SSSR count). The van der Waals surface area contributed by atoms with Crippen LogP contribution in [0.15, 0.2) is 12.1 Å². The summed E-state index contributed by atoms with van der Waals surface area (Å²) in [4.78, 5) is 0. The van der Waals surface area contributed by atoms with Crippen molar-refractivity contribution in [3.8, 4) is 11.5 Å². The molecule has 0 bridgehead atoms. The molecule has 0 aliphatic carbocycles. The van der Waals surface area contributed by atoms with Crippen LogP contribution >= 0.6 is 0 Å². The van der Waals surface area contributed by atoms with Crippen molar-refractivity contribution in [3.63, 3.8) is 0 Å². The monoisotopic (exact) mass is 221 g/mol. The normalized spacial score (nSPS) is 15.7. The lowest BCUT2D eigenvalue weighted by Gasteiger charge is -2.28. The molecule has 3 heteroatoms. The molecule has 0 saturated carbocycles. The maximum atomic E-state index is 5.32. The van der Waals surface area contributed by atoms with E-state index in [1.165, 1.54) is 11.1 Å². The second-order valence-electron chi connectivity index (χ2n) is 4.36. The van der Waals surface area contributed by atoms with Crippen LogP contribution < -0.4 is 14.8 Å². The van der Waals surface area contributed by atoms with E-state index < -0.39 is 0 Å². The molecule has 1 fully saturated rings. The third-order valence-electron chi connectivity index (χ3n) is 3.22. The molecule has 1 N–H and O–H groups in total. The second-order valence-corrected chi connectivity index (χ2v) is 4.36. The summed E-state index contributed by atoms with van der Waals surface area (Å²) in [7, 11) is 3.36. The minimum absolute atomic E-state index is 0.775. The quantitative estimate of drug-likeness (QED) is 0.840. The maximum absolute atomic E-state index is 5.32. The van der Waals surface area contributed by atoms with Crippen molar-refractivity contribution in [1.29, 1.82) is 0 Å². The maximum Gasteiger partial charge on any atom is 0.161 e. The molecule has 1 aromatic carbocycles. The highest BCUT2D eigenvalue weighted by Crippen LogP contribution is 2.31. The van der Waals surface area contributed by atoms with Crippen molar-refractivity contribution in [2.75, 3.05) is 27.3 Å². The van der Waals surface area contributed by atoms with E-state index in [2.05, 4.69) is 24.4 Å². The Morgan fingerprint density at radius 3 is 2.31 bits per heavy atom. The smallest absolute Gasteiger partial charge is 0.161 e. The number of methoxy groups -OCH3 is 2. The average molecular weight is 221 g/mol. The molecule has 1 heterocycles. The first kappa shape index (κ1) is 11.3. The largest absolute Gasteiger partial charge is 0.493 e. The van der Waals surface area contributed by atoms with Gasteiger partial charge in [-0.05, 0) is 55.6 Å². The first-order valence-corrected chi connectivity index (χ1v) is 5.66. The molecule has 16 heavy (non-hydrogen) atoms. The lowest BCUT2D eigenvalue weighted by Crippen LogP contribution is -2.43. The standard InChI is InChI=1S/C13H19NO2/c1-9-4-12(15-2)13(16-3)6-11(9)5-10-7-14-8-10/h4,6,10,14H,5,7-8H2,1-3H3. The molecular weight excluding hydrogens is 202 g/mol. The minimum Gasteiger partial charge on any atom is -0.493 e. The van der Waals surface area contributed by atoms with Crippen molar-refractivity contribution < 1.29 is 9.47 Å². The van der Waals surface area contributed by atoms with Crippen molar-refractivity contribution in [3.05, 3.63) is 23.3 Å². The third-order valence-corrected chi connectivity index (χ3v) is 3.22. The Hall–Kier alpha value is -1.22. The third kappa shape index (κ3) is 2.14. The lowest BCUT2D eigenvalue weighted by molar-refractivity contribution is 0.341. The van der Waals surface area contributed by atoms with Gasteiger partial charge in [-0.3, -0.25) is 0 Å². The van der Waals surface area contributed by atoms with Crippen molar-refractivity contribution >= 4 is 0 Å². The highest BCUT2D eigenvalue weighted by molar-refractivity contribution is 5.47. The molecule has 0 unspecified atom stereocenters. The van der Waals surface area contributed by atoms with Gasteiger partial charge in [-0.2, -0.15) is 0 Å². The molecule has 0 atom stereocenters. The lowest BCUT2D eigenvalue weighted by atomic mass is 9.92. The van der Waals surface area contributed by atoms with Gasteiger partial charge in [-0.25, -0.2) is 0 Å². The molecule has 3 nitrogen and oxygen atoms in total. The van der Waals surface area contributed by atoms with E-state index in [0.717, 1.165) is 36.9 Å². The van der Waals surface area contributed by atoms with Crippen LogP contribution in [0.3, 0.4) is 0 Å². The van der Waals surface area contributed by atoms with E-state index in [1.54, 1.807) is 14.2 Å². The van der Waals surface area contributed by atoms with E-state index in [0.29, 0.717) is 0 Å². The van der Waals surface area contributed by atoms with Crippen LogP contribution in [0.5, 0.6) is 11.5 Å². The number of nitrogens with one attached hydrogen (secondary N) is 1. The molecule has 0 radical (unpaired) electrons. The van der Waals surface area contributed by atoms with Crippen LogP contribution in [0.4, 0.5) is 0 Å². The van der Waals surface area contributed by atoms with E-state index in [9.17, 15) is 0 Å². The number of rotatable bonds is 4. The van der Waals surface area contributed by atoms with E-state index in [4.69, 9.17) is 9.47 Å². The van der Waals surface area contributed by atoms with Gasteiger partial charge < -0.3 is 14.8 Å². The Morgan fingerprint density at radius 1 is 1.19 bits per heavy atom. The van der Waals surface area contributed by atoms with Gasteiger partial charge in [0.2, 0.25) is 0 Å².